The maximum Gasteiger partial charge on any atom is 0.276 e. The molecule has 0 unspecified atom stereocenters. The molecule has 0 aliphatic carbocycles. The molecule has 2 aromatic carbocycles. The van der Waals surface area contributed by atoms with Gasteiger partial charge in [0.1, 0.15) is 47.1 Å². The zero-order chi connectivity index (χ0) is 44.7. The van der Waals surface area contributed by atoms with Crippen LogP contribution in [0.4, 0.5) is 11.9 Å². The molecule has 6 heterocycles. The molecule has 2 atom stereocenters. The van der Waals surface area contributed by atoms with Crippen LogP contribution in [0, 0.1) is 13.8 Å². The highest BCUT2D eigenvalue weighted by molar-refractivity contribution is 6.05. The van der Waals surface area contributed by atoms with Crippen LogP contribution < -0.4 is 31.6 Å². The maximum absolute atomic E-state index is 13.9. The maximum atomic E-state index is 13.9. The van der Waals surface area contributed by atoms with Crippen LogP contribution in [0.2, 0.25) is 0 Å². The fourth-order valence-corrected chi connectivity index (χ4v) is 8.29. The summed E-state index contributed by atoms with van der Waals surface area (Å²) in [5.74, 6) is -1.22. The summed E-state index contributed by atoms with van der Waals surface area (Å²) in [5.41, 5.74) is 15.8. The van der Waals surface area contributed by atoms with Gasteiger partial charge in [-0.25, -0.2) is 9.97 Å². The Bertz CT molecular complexity index is 2610. The molecular formula is C43H51N13O7. The van der Waals surface area contributed by atoms with Crippen LogP contribution in [0.3, 0.4) is 0 Å². The summed E-state index contributed by atoms with van der Waals surface area (Å²) in [6.45, 7) is 13.9. The minimum Gasteiger partial charge on any atom is -0.490 e. The Morgan fingerprint density at radius 1 is 0.683 bits per heavy atom. The van der Waals surface area contributed by atoms with E-state index in [1.807, 2.05) is 53.7 Å². The number of imidazole rings is 2. The Balaban J connectivity index is 1.28. The van der Waals surface area contributed by atoms with Crippen LogP contribution in [-0.2, 0) is 30.9 Å². The first kappa shape index (κ1) is 42.6. The van der Waals surface area contributed by atoms with Crippen molar-refractivity contribution in [2.45, 2.75) is 86.0 Å². The molecular weight excluding hydrogens is 811 g/mol. The second kappa shape index (κ2) is 17.4. The molecule has 4 amide bonds. The molecule has 20 nitrogen and oxygen atoms in total. The minimum atomic E-state index is -0.684. The molecule has 2 aliphatic rings. The average Bonchev–Trinajstić information content (AvgIpc) is 4.00. The lowest BCUT2D eigenvalue weighted by atomic mass is 10.1. The number of carbonyl (C=O) groups excluding carboxylic acids is 4. The van der Waals surface area contributed by atoms with Crippen molar-refractivity contribution in [1.82, 2.24) is 43.6 Å². The Hall–Kier alpha value is -7.06. The Morgan fingerprint density at radius 3 is 1.51 bits per heavy atom. The number of hydrogen-bond donors (Lipinski definition) is 4. The molecule has 1 fully saturated rings. The topological polar surface area (TPSA) is 247 Å². The predicted molar refractivity (Wildman–Crippen MR) is 233 cm³/mol. The molecule has 2 aliphatic heterocycles. The first-order valence-corrected chi connectivity index (χ1v) is 20.9. The number of primary amides is 2. The summed E-state index contributed by atoms with van der Waals surface area (Å²) >= 11 is 0. The van der Waals surface area contributed by atoms with Crippen molar-refractivity contribution in [1.29, 1.82) is 0 Å². The molecule has 330 valence electrons. The molecule has 6 aromatic rings. The average molecular weight is 862 g/mol. The summed E-state index contributed by atoms with van der Waals surface area (Å²) in [7, 11) is 0. The highest BCUT2D eigenvalue weighted by Gasteiger charge is 2.31. The molecule has 0 bridgehead atoms. The number of morpholine rings is 1. The number of amides is 4. The zero-order valence-electron chi connectivity index (χ0n) is 36.0. The van der Waals surface area contributed by atoms with Gasteiger partial charge < -0.3 is 34.8 Å². The number of benzene rings is 2. The highest BCUT2D eigenvalue weighted by atomic mass is 16.5. The van der Waals surface area contributed by atoms with Gasteiger partial charge in [-0.05, 0) is 77.9 Å². The largest absolute Gasteiger partial charge is 0.490 e. The first-order valence-electron chi connectivity index (χ1n) is 20.9. The van der Waals surface area contributed by atoms with Gasteiger partial charge in [-0.2, -0.15) is 10.2 Å². The molecule has 63 heavy (non-hydrogen) atoms. The van der Waals surface area contributed by atoms with Crippen LogP contribution in [0.15, 0.2) is 48.6 Å². The van der Waals surface area contributed by atoms with Gasteiger partial charge in [-0.1, -0.05) is 12.2 Å². The van der Waals surface area contributed by atoms with Crippen LogP contribution in [-0.4, -0.2) is 112 Å². The SMILES string of the molecule is CCn1nc(C)cc1C(=O)Nc1nc2cc(C(N)=O)cc3c2n1C/C=C/Cn1c(NC(=O)c2cc(C)nn2CC)nc2cc(C(N)=O)cc(c21)OCC(N1C[C@@H](C)O[C@@H](C)C1)CO3. The van der Waals surface area contributed by atoms with Crippen LogP contribution in [0.25, 0.3) is 22.1 Å². The second-order valence-electron chi connectivity index (χ2n) is 15.8. The van der Waals surface area contributed by atoms with E-state index < -0.39 is 29.7 Å². The lowest BCUT2D eigenvalue weighted by Crippen LogP contribution is -2.53. The number of aryl methyl sites for hydroxylation is 4. The normalized spacial score (nSPS) is 18.0. The van der Waals surface area contributed by atoms with Crippen molar-refractivity contribution in [2.24, 2.45) is 11.5 Å². The molecule has 0 spiro atoms. The quantitative estimate of drug-likeness (QED) is 0.152. The van der Waals surface area contributed by atoms with Crippen molar-refractivity contribution in [3.8, 4) is 11.5 Å². The summed E-state index contributed by atoms with van der Waals surface area (Å²) in [6, 6.07) is 9.27. The summed E-state index contributed by atoms with van der Waals surface area (Å²) in [6.07, 6.45) is 3.53. The van der Waals surface area contributed by atoms with E-state index in [1.165, 1.54) is 0 Å². The van der Waals surface area contributed by atoms with Gasteiger partial charge in [0.15, 0.2) is 0 Å². The van der Waals surface area contributed by atoms with Crippen LogP contribution in [0.5, 0.6) is 11.5 Å². The zero-order valence-corrected chi connectivity index (χ0v) is 36.0. The van der Waals surface area contributed by atoms with Crippen molar-refractivity contribution in [3.05, 3.63) is 82.5 Å². The van der Waals surface area contributed by atoms with E-state index >= 15 is 0 Å². The molecule has 8 rings (SSSR count). The van der Waals surface area contributed by atoms with Gasteiger partial charge in [0.2, 0.25) is 23.7 Å². The Kier molecular flexibility index (Phi) is 11.7. The number of nitrogens with zero attached hydrogens (tertiary/aromatic N) is 9. The Morgan fingerprint density at radius 2 is 1.11 bits per heavy atom. The van der Waals surface area contributed by atoms with Crippen molar-refractivity contribution >= 4 is 57.6 Å². The van der Waals surface area contributed by atoms with Crippen molar-refractivity contribution in [2.75, 3.05) is 36.9 Å². The van der Waals surface area contributed by atoms with Gasteiger partial charge in [0, 0.05) is 50.4 Å². The summed E-state index contributed by atoms with van der Waals surface area (Å²) < 4.78 is 26.3. The van der Waals surface area contributed by atoms with Crippen LogP contribution >= 0.6 is 0 Å². The molecule has 6 N–H and O–H groups in total. The Labute approximate surface area is 362 Å². The number of rotatable bonds is 9. The lowest BCUT2D eigenvalue weighted by Gasteiger charge is -2.39. The van der Waals surface area contributed by atoms with E-state index in [-0.39, 0.29) is 61.5 Å². The minimum absolute atomic E-state index is 0.0676. The fraction of sp³-hybridized carbons (Fsp3) is 0.395. The van der Waals surface area contributed by atoms with Crippen molar-refractivity contribution in [3.63, 3.8) is 0 Å². The monoisotopic (exact) mass is 861 g/mol. The van der Waals surface area contributed by atoms with Gasteiger partial charge in [-0.3, -0.25) is 44.1 Å². The lowest BCUT2D eigenvalue weighted by molar-refractivity contribution is -0.0888. The van der Waals surface area contributed by atoms with Gasteiger partial charge >= 0.3 is 0 Å². The molecule has 1 saturated heterocycles. The third-order valence-corrected chi connectivity index (χ3v) is 11.1. The number of hydrogen-bond acceptors (Lipinski definition) is 12. The number of ether oxygens (including phenoxy) is 3. The van der Waals surface area contributed by atoms with E-state index in [0.717, 1.165) is 0 Å². The number of nitrogens with two attached hydrogens (primary N) is 2. The number of aromatic nitrogens is 8. The molecule has 20 heteroatoms. The second-order valence-corrected chi connectivity index (χ2v) is 15.8. The van der Waals surface area contributed by atoms with Gasteiger partial charge in [-0.15, -0.1) is 0 Å². The van der Waals surface area contributed by atoms with E-state index in [0.29, 0.717) is 82.5 Å². The number of nitrogens with one attached hydrogen (secondary N) is 2. The molecule has 4 aromatic heterocycles. The van der Waals surface area contributed by atoms with Crippen molar-refractivity contribution < 1.29 is 33.4 Å². The summed E-state index contributed by atoms with van der Waals surface area (Å²) in [5, 5.41) is 14.8. The summed E-state index contributed by atoms with van der Waals surface area (Å²) in [4.78, 5) is 65.0. The van der Waals surface area contributed by atoms with E-state index in [9.17, 15) is 19.2 Å². The smallest absolute Gasteiger partial charge is 0.276 e. The molecule has 0 radical (unpaired) electrons. The highest BCUT2D eigenvalue weighted by Crippen LogP contribution is 2.34. The number of anilines is 2. The number of carbonyl (C=O) groups is 4. The third-order valence-electron chi connectivity index (χ3n) is 11.1. The first-order chi connectivity index (χ1) is 30.2. The van der Waals surface area contributed by atoms with Crippen LogP contribution in [0.1, 0.15) is 80.8 Å². The standard InChI is InChI=1S/C43H51N13O7/c1-7-55-32(13-23(3)50-55)40(59)48-42-46-30-15-27(38(44)57)17-34-36(30)53(42)11-9-10-12-54-37-31(47-43(54)49-41(60)33-14-24(4)51-56(33)8-2)16-28(39(45)58)18-35(37)62-22-29(21-61-34)52-19-25(5)63-26(6)20-52/h9-10,13-18,25-26,29H,7-8,11-12,19-22H2,1-6H3,(H2,44,57)(H2,45,58)(H,46,48,59)(H,47,49,60)/b10-9+/t25-,26+. The fourth-order valence-electron chi connectivity index (χ4n) is 8.29. The van der Waals surface area contributed by atoms with E-state index in [2.05, 4.69) is 25.7 Å². The number of allylic oxidation sites excluding steroid dienone is 2. The van der Waals surface area contributed by atoms with Gasteiger partial charge in [0.05, 0.1) is 40.7 Å². The van der Waals surface area contributed by atoms with Gasteiger partial charge in [0.25, 0.3) is 11.8 Å². The predicted octanol–water partition coefficient (Wildman–Crippen LogP) is 3.64. The molecule has 0 saturated carbocycles. The van der Waals surface area contributed by atoms with E-state index in [4.69, 9.17) is 35.6 Å². The third kappa shape index (κ3) is 8.58. The van der Waals surface area contributed by atoms with E-state index in [1.54, 1.807) is 54.9 Å².